The second kappa shape index (κ2) is 4.94. The topological polar surface area (TPSA) is 45.1 Å². The van der Waals surface area contributed by atoms with Crippen molar-refractivity contribution in [2.45, 2.75) is 32.2 Å². The van der Waals surface area contributed by atoms with Crippen molar-refractivity contribution >= 4 is 5.71 Å². The maximum Gasteiger partial charge on any atom is 0.0624 e. The summed E-state index contributed by atoms with van der Waals surface area (Å²) in [6.45, 7) is 6.01. The van der Waals surface area contributed by atoms with Gasteiger partial charge in [-0.1, -0.05) is 12.1 Å². The fourth-order valence-corrected chi connectivity index (χ4v) is 2.58. The molecule has 0 spiro atoms. The lowest BCUT2D eigenvalue weighted by molar-refractivity contribution is 0.0294. The highest BCUT2D eigenvalue weighted by atomic mass is 16.5. The number of rotatable bonds is 1. The van der Waals surface area contributed by atoms with Crippen molar-refractivity contribution in [3.05, 3.63) is 0 Å². The zero-order chi connectivity index (χ0) is 10.7. The van der Waals surface area contributed by atoms with E-state index >= 15 is 0 Å². The highest BCUT2D eigenvalue weighted by Crippen LogP contribution is 2.21. The van der Waals surface area contributed by atoms with E-state index in [2.05, 4.69) is 17.0 Å². The average Bonchev–Trinajstić information content (AvgIpc) is 2.30. The normalized spacial score (nSPS) is 33.4. The molecule has 2 heterocycles. The number of hydrogen-bond donors (Lipinski definition) is 1. The highest BCUT2D eigenvalue weighted by molar-refractivity contribution is 5.87. The molecule has 1 atom stereocenters. The van der Waals surface area contributed by atoms with Crippen LogP contribution in [0.25, 0.3) is 0 Å². The predicted octanol–water partition coefficient (Wildman–Crippen LogP) is 1.34. The molecule has 0 aromatic rings. The summed E-state index contributed by atoms with van der Waals surface area (Å²) >= 11 is 0. The minimum Gasteiger partial charge on any atom is -0.411 e. The molecule has 86 valence electrons. The molecule has 15 heavy (non-hydrogen) atoms. The van der Waals surface area contributed by atoms with Crippen LogP contribution in [0.1, 0.15) is 26.2 Å². The molecule has 1 unspecified atom stereocenters. The van der Waals surface area contributed by atoms with Crippen molar-refractivity contribution in [1.82, 2.24) is 4.90 Å². The Morgan fingerprint density at radius 1 is 1.40 bits per heavy atom. The van der Waals surface area contributed by atoms with E-state index < -0.39 is 0 Å². The SMILES string of the molecule is CC1CN(C2CCOCC2)CCC1=NO. The van der Waals surface area contributed by atoms with E-state index in [0.717, 1.165) is 51.3 Å². The summed E-state index contributed by atoms with van der Waals surface area (Å²) in [5.74, 6) is 0.395. The largest absolute Gasteiger partial charge is 0.411 e. The van der Waals surface area contributed by atoms with Crippen LogP contribution in [0.15, 0.2) is 5.16 Å². The van der Waals surface area contributed by atoms with Crippen molar-refractivity contribution in [2.24, 2.45) is 11.1 Å². The first-order chi connectivity index (χ1) is 7.31. The summed E-state index contributed by atoms with van der Waals surface area (Å²) in [6.07, 6.45) is 3.21. The van der Waals surface area contributed by atoms with Crippen LogP contribution >= 0.6 is 0 Å². The Kier molecular flexibility index (Phi) is 3.59. The monoisotopic (exact) mass is 212 g/mol. The molecule has 1 N–H and O–H groups in total. The first kappa shape index (κ1) is 10.9. The van der Waals surface area contributed by atoms with Crippen LogP contribution in [-0.2, 0) is 4.74 Å². The summed E-state index contributed by atoms with van der Waals surface area (Å²) in [6, 6.07) is 0.682. The van der Waals surface area contributed by atoms with Crippen molar-refractivity contribution in [3.63, 3.8) is 0 Å². The fourth-order valence-electron chi connectivity index (χ4n) is 2.58. The van der Waals surface area contributed by atoms with Crippen LogP contribution in [-0.4, -0.2) is 48.2 Å². The number of oxime groups is 1. The number of nitrogens with zero attached hydrogens (tertiary/aromatic N) is 2. The number of hydrogen-bond acceptors (Lipinski definition) is 4. The van der Waals surface area contributed by atoms with Crippen LogP contribution in [0.3, 0.4) is 0 Å². The van der Waals surface area contributed by atoms with Gasteiger partial charge in [0.25, 0.3) is 0 Å². The smallest absolute Gasteiger partial charge is 0.0624 e. The molecule has 0 radical (unpaired) electrons. The summed E-state index contributed by atoms with van der Waals surface area (Å²) in [5.41, 5.74) is 0.957. The van der Waals surface area contributed by atoms with Gasteiger partial charge in [0.2, 0.25) is 0 Å². The Morgan fingerprint density at radius 3 is 2.73 bits per heavy atom. The van der Waals surface area contributed by atoms with E-state index in [4.69, 9.17) is 9.94 Å². The maximum absolute atomic E-state index is 8.81. The molecule has 0 aliphatic carbocycles. The minimum atomic E-state index is 0.395. The molecule has 2 rings (SSSR count). The van der Waals surface area contributed by atoms with Crippen molar-refractivity contribution < 1.29 is 9.94 Å². The van der Waals surface area contributed by atoms with Gasteiger partial charge in [0, 0.05) is 44.7 Å². The van der Waals surface area contributed by atoms with Crippen LogP contribution in [0, 0.1) is 5.92 Å². The molecule has 2 aliphatic heterocycles. The van der Waals surface area contributed by atoms with Crippen LogP contribution < -0.4 is 0 Å². The lowest BCUT2D eigenvalue weighted by Gasteiger charge is -2.39. The lowest BCUT2D eigenvalue weighted by Crippen LogP contribution is -2.47. The third-order valence-corrected chi connectivity index (χ3v) is 3.57. The van der Waals surface area contributed by atoms with E-state index in [-0.39, 0.29) is 0 Å². The third kappa shape index (κ3) is 2.49. The van der Waals surface area contributed by atoms with Crippen molar-refractivity contribution in [1.29, 1.82) is 0 Å². The van der Waals surface area contributed by atoms with Gasteiger partial charge in [-0.25, -0.2) is 0 Å². The van der Waals surface area contributed by atoms with Crippen molar-refractivity contribution in [3.8, 4) is 0 Å². The predicted molar refractivity (Wildman–Crippen MR) is 58.4 cm³/mol. The Labute approximate surface area is 90.9 Å². The van der Waals surface area contributed by atoms with E-state index in [1.807, 2.05) is 0 Å². The fraction of sp³-hybridized carbons (Fsp3) is 0.909. The van der Waals surface area contributed by atoms with Crippen LogP contribution in [0.2, 0.25) is 0 Å². The summed E-state index contributed by atoms with van der Waals surface area (Å²) < 4.78 is 5.37. The van der Waals surface area contributed by atoms with Gasteiger partial charge in [0.15, 0.2) is 0 Å². The second-order valence-corrected chi connectivity index (χ2v) is 4.58. The minimum absolute atomic E-state index is 0.395. The molecule has 2 fully saturated rings. The molecule has 0 amide bonds. The van der Waals surface area contributed by atoms with E-state index in [9.17, 15) is 0 Å². The molecule has 0 bridgehead atoms. The Balaban J connectivity index is 1.89. The molecular weight excluding hydrogens is 192 g/mol. The molecule has 4 heteroatoms. The first-order valence-electron chi connectivity index (χ1n) is 5.84. The molecule has 4 nitrogen and oxygen atoms in total. The average molecular weight is 212 g/mol. The van der Waals surface area contributed by atoms with Crippen molar-refractivity contribution in [2.75, 3.05) is 26.3 Å². The summed E-state index contributed by atoms with van der Waals surface area (Å²) in [4.78, 5) is 2.53. The van der Waals surface area contributed by atoms with Crippen LogP contribution in [0.4, 0.5) is 0 Å². The lowest BCUT2D eigenvalue weighted by atomic mass is 9.94. The molecule has 0 saturated carbocycles. The molecule has 2 aliphatic rings. The zero-order valence-electron chi connectivity index (χ0n) is 9.35. The first-order valence-corrected chi connectivity index (χ1v) is 5.84. The maximum atomic E-state index is 8.81. The van der Waals surface area contributed by atoms with E-state index in [0.29, 0.717) is 12.0 Å². The molecule has 0 aromatic heterocycles. The van der Waals surface area contributed by atoms with Gasteiger partial charge in [0.1, 0.15) is 0 Å². The Hall–Kier alpha value is -0.610. The van der Waals surface area contributed by atoms with Gasteiger partial charge in [0.05, 0.1) is 5.71 Å². The summed E-state index contributed by atoms with van der Waals surface area (Å²) in [5, 5.41) is 12.2. The summed E-state index contributed by atoms with van der Waals surface area (Å²) in [7, 11) is 0. The van der Waals surface area contributed by atoms with Gasteiger partial charge < -0.3 is 9.94 Å². The second-order valence-electron chi connectivity index (χ2n) is 4.58. The zero-order valence-corrected chi connectivity index (χ0v) is 9.35. The van der Waals surface area contributed by atoms with Crippen LogP contribution in [0.5, 0.6) is 0 Å². The van der Waals surface area contributed by atoms with Gasteiger partial charge in [-0.15, -0.1) is 0 Å². The Bertz CT molecular complexity index is 237. The molecule has 2 saturated heterocycles. The van der Waals surface area contributed by atoms with Gasteiger partial charge in [-0.05, 0) is 12.8 Å². The number of ether oxygens (including phenoxy) is 1. The molecule has 0 aromatic carbocycles. The highest BCUT2D eigenvalue weighted by Gasteiger charge is 2.28. The number of likely N-dealkylation sites (tertiary alicyclic amines) is 1. The Morgan fingerprint density at radius 2 is 2.13 bits per heavy atom. The quantitative estimate of drug-likeness (QED) is 0.527. The van der Waals surface area contributed by atoms with E-state index in [1.165, 1.54) is 0 Å². The van der Waals surface area contributed by atoms with E-state index in [1.54, 1.807) is 0 Å². The standard InChI is InChI=1S/C11H20N2O2/c1-9-8-13(5-2-11(9)12-14)10-3-6-15-7-4-10/h9-10,14H,2-8H2,1H3. The third-order valence-electron chi connectivity index (χ3n) is 3.57. The number of piperidine rings is 1. The van der Waals surface area contributed by atoms with Gasteiger partial charge in [-0.3, -0.25) is 4.90 Å². The van der Waals surface area contributed by atoms with Gasteiger partial charge in [-0.2, -0.15) is 0 Å². The van der Waals surface area contributed by atoms with Gasteiger partial charge >= 0.3 is 0 Å². The molecular formula is C11H20N2O2.